The number of halogens is 1. The molecule has 0 fully saturated rings. The fourth-order valence-electron chi connectivity index (χ4n) is 2.57. The Bertz CT molecular complexity index is 383. The maximum Gasteiger partial charge on any atom is 0.0779 e. The number of rotatable bonds is 7. The molecule has 2 unspecified atom stereocenters. The van der Waals surface area contributed by atoms with E-state index in [-0.39, 0.29) is 11.5 Å². The molecule has 20 heavy (non-hydrogen) atoms. The SMILES string of the molecule is CCNC(Cc1ccc(I)cc1)C(OCC)C(C)(C)C. The molecule has 3 heteroatoms. The van der Waals surface area contributed by atoms with Crippen molar-refractivity contribution < 1.29 is 4.74 Å². The molecular weight excluding hydrogens is 361 g/mol. The Morgan fingerprint density at radius 3 is 2.20 bits per heavy atom. The second-order valence-corrected chi connectivity index (χ2v) is 7.48. The fraction of sp³-hybridized carbons (Fsp3) is 0.647. The zero-order valence-corrected chi connectivity index (χ0v) is 15.5. The van der Waals surface area contributed by atoms with Crippen molar-refractivity contribution in [2.75, 3.05) is 13.2 Å². The van der Waals surface area contributed by atoms with E-state index < -0.39 is 0 Å². The molecule has 1 aromatic rings. The van der Waals surface area contributed by atoms with Gasteiger partial charge in [0.05, 0.1) is 6.10 Å². The van der Waals surface area contributed by atoms with Crippen LogP contribution in [0.1, 0.15) is 40.2 Å². The van der Waals surface area contributed by atoms with Gasteiger partial charge in [0.1, 0.15) is 0 Å². The van der Waals surface area contributed by atoms with Gasteiger partial charge in [0.25, 0.3) is 0 Å². The van der Waals surface area contributed by atoms with E-state index in [1.54, 1.807) is 0 Å². The second kappa shape index (κ2) is 8.35. The van der Waals surface area contributed by atoms with Crippen LogP contribution in [0.5, 0.6) is 0 Å². The van der Waals surface area contributed by atoms with Gasteiger partial charge in [-0.3, -0.25) is 0 Å². The Labute approximate surface area is 137 Å². The third-order valence-corrected chi connectivity index (χ3v) is 4.12. The van der Waals surface area contributed by atoms with Crippen molar-refractivity contribution in [2.45, 2.75) is 53.2 Å². The van der Waals surface area contributed by atoms with Crippen LogP contribution in [0.2, 0.25) is 0 Å². The molecule has 2 atom stereocenters. The van der Waals surface area contributed by atoms with Crippen molar-refractivity contribution >= 4 is 22.6 Å². The molecule has 1 N–H and O–H groups in total. The molecule has 0 radical (unpaired) electrons. The maximum atomic E-state index is 6.05. The molecule has 0 aliphatic heterocycles. The van der Waals surface area contributed by atoms with Crippen LogP contribution in [0.3, 0.4) is 0 Å². The summed E-state index contributed by atoms with van der Waals surface area (Å²) in [4.78, 5) is 0. The highest BCUT2D eigenvalue weighted by molar-refractivity contribution is 14.1. The zero-order valence-electron chi connectivity index (χ0n) is 13.4. The van der Waals surface area contributed by atoms with E-state index in [0.717, 1.165) is 19.6 Å². The predicted octanol–water partition coefficient (Wildman–Crippen LogP) is 4.26. The number of nitrogens with one attached hydrogen (secondary N) is 1. The topological polar surface area (TPSA) is 21.3 Å². The molecule has 0 aliphatic rings. The van der Waals surface area contributed by atoms with Crippen LogP contribution in [0.15, 0.2) is 24.3 Å². The molecule has 1 aromatic carbocycles. The first-order valence-electron chi connectivity index (χ1n) is 7.47. The summed E-state index contributed by atoms with van der Waals surface area (Å²) in [7, 11) is 0. The molecule has 0 aromatic heterocycles. The Morgan fingerprint density at radius 1 is 1.15 bits per heavy atom. The Balaban J connectivity index is 2.87. The van der Waals surface area contributed by atoms with Crippen molar-refractivity contribution in [1.29, 1.82) is 0 Å². The summed E-state index contributed by atoms with van der Waals surface area (Å²) in [6.45, 7) is 12.7. The van der Waals surface area contributed by atoms with Crippen molar-refractivity contribution in [3.63, 3.8) is 0 Å². The predicted molar refractivity (Wildman–Crippen MR) is 95.2 cm³/mol. The molecule has 1 rings (SSSR count). The highest BCUT2D eigenvalue weighted by atomic mass is 127. The van der Waals surface area contributed by atoms with E-state index in [1.807, 2.05) is 0 Å². The van der Waals surface area contributed by atoms with Gasteiger partial charge in [0.2, 0.25) is 0 Å². The number of hydrogen-bond acceptors (Lipinski definition) is 2. The third kappa shape index (κ3) is 5.70. The highest BCUT2D eigenvalue weighted by Gasteiger charge is 2.32. The zero-order chi connectivity index (χ0) is 15.2. The Morgan fingerprint density at radius 2 is 1.75 bits per heavy atom. The lowest BCUT2D eigenvalue weighted by Gasteiger charge is -2.37. The van der Waals surface area contributed by atoms with E-state index in [2.05, 4.69) is 86.8 Å². The molecule has 0 aliphatic carbocycles. The van der Waals surface area contributed by atoms with Crippen molar-refractivity contribution in [1.82, 2.24) is 5.32 Å². The van der Waals surface area contributed by atoms with Crippen LogP contribution in [0, 0.1) is 8.99 Å². The van der Waals surface area contributed by atoms with Gasteiger partial charge in [-0.15, -0.1) is 0 Å². The summed E-state index contributed by atoms with van der Waals surface area (Å²) in [5.74, 6) is 0. The number of benzene rings is 1. The first-order chi connectivity index (χ1) is 9.38. The summed E-state index contributed by atoms with van der Waals surface area (Å²) in [5, 5.41) is 3.61. The molecular formula is C17H28INO. The van der Waals surface area contributed by atoms with Gasteiger partial charge < -0.3 is 10.1 Å². The lowest BCUT2D eigenvalue weighted by Crippen LogP contribution is -2.49. The van der Waals surface area contributed by atoms with Gasteiger partial charge in [-0.2, -0.15) is 0 Å². The summed E-state index contributed by atoms with van der Waals surface area (Å²) in [5.41, 5.74) is 1.50. The minimum Gasteiger partial charge on any atom is -0.376 e. The average molecular weight is 389 g/mol. The summed E-state index contributed by atoms with van der Waals surface area (Å²) >= 11 is 2.35. The van der Waals surface area contributed by atoms with Gasteiger partial charge in [-0.25, -0.2) is 0 Å². The van der Waals surface area contributed by atoms with Crippen molar-refractivity contribution in [2.24, 2.45) is 5.41 Å². The van der Waals surface area contributed by atoms with Gasteiger partial charge >= 0.3 is 0 Å². The van der Waals surface area contributed by atoms with Crippen LogP contribution < -0.4 is 5.32 Å². The average Bonchev–Trinajstić information content (AvgIpc) is 2.37. The highest BCUT2D eigenvalue weighted by Crippen LogP contribution is 2.27. The number of hydrogen-bond donors (Lipinski definition) is 1. The smallest absolute Gasteiger partial charge is 0.0779 e. The van der Waals surface area contributed by atoms with E-state index in [4.69, 9.17) is 4.74 Å². The second-order valence-electron chi connectivity index (χ2n) is 6.24. The maximum absolute atomic E-state index is 6.05. The first kappa shape index (κ1) is 17.9. The van der Waals surface area contributed by atoms with Crippen LogP contribution in [-0.4, -0.2) is 25.3 Å². The lowest BCUT2D eigenvalue weighted by molar-refractivity contribution is -0.0352. The summed E-state index contributed by atoms with van der Waals surface area (Å²) in [6, 6.07) is 9.13. The van der Waals surface area contributed by atoms with Gasteiger partial charge in [0.15, 0.2) is 0 Å². The van der Waals surface area contributed by atoms with E-state index in [1.165, 1.54) is 9.13 Å². The molecule has 0 saturated heterocycles. The van der Waals surface area contributed by atoms with Crippen LogP contribution in [-0.2, 0) is 11.2 Å². The quantitative estimate of drug-likeness (QED) is 0.704. The van der Waals surface area contributed by atoms with E-state index >= 15 is 0 Å². The first-order valence-corrected chi connectivity index (χ1v) is 8.55. The Hall–Kier alpha value is -0.130. The molecule has 114 valence electrons. The van der Waals surface area contributed by atoms with Crippen LogP contribution >= 0.6 is 22.6 Å². The molecule has 0 saturated carbocycles. The fourth-order valence-corrected chi connectivity index (χ4v) is 2.93. The molecule has 2 nitrogen and oxygen atoms in total. The minimum atomic E-state index is 0.131. The standard InChI is InChI=1S/C17H28INO/c1-6-19-15(16(20-7-2)17(3,4)5)12-13-8-10-14(18)11-9-13/h8-11,15-16,19H,6-7,12H2,1-5H3. The minimum absolute atomic E-state index is 0.131. The summed E-state index contributed by atoms with van der Waals surface area (Å²) < 4.78 is 7.33. The largest absolute Gasteiger partial charge is 0.376 e. The summed E-state index contributed by atoms with van der Waals surface area (Å²) in [6.07, 6.45) is 1.22. The normalized spacial score (nSPS) is 15.1. The number of likely N-dealkylation sites (N-methyl/N-ethyl adjacent to an activating group) is 1. The van der Waals surface area contributed by atoms with Crippen LogP contribution in [0.25, 0.3) is 0 Å². The molecule has 0 amide bonds. The Kier molecular flexibility index (Phi) is 7.48. The van der Waals surface area contributed by atoms with Gasteiger partial charge in [-0.05, 0) is 65.6 Å². The lowest BCUT2D eigenvalue weighted by atomic mass is 9.82. The molecule has 0 spiro atoms. The molecule has 0 bridgehead atoms. The van der Waals surface area contributed by atoms with E-state index in [9.17, 15) is 0 Å². The van der Waals surface area contributed by atoms with Gasteiger partial charge in [-0.1, -0.05) is 39.8 Å². The monoisotopic (exact) mass is 389 g/mol. The van der Waals surface area contributed by atoms with Crippen molar-refractivity contribution in [3.05, 3.63) is 33.4 Å². The third-order valence-electron chi connectivity index (χ3n) is 3.40. The van der Waals surface area contributed by atoms with Crippen molar-refractivity contribution in [3.8, 4) is 0 Å². The van der Waals surface area contributed by atoms with Crippen LogP contribution in [0.4, 0.5) is 0 Å². The molecule has 0 heterocycles. The van der Waals surface area contributed by atoms with E-state index in [0.29, 0.717) is 6.04 Å². The van der Waals surface area contributed by atoms with Gasteiger partial charge in [0, 0.05) is 16.2 Å². The number of ether oxygens (including phenoxy) is 1.